The molecule has 2 amide bonds. The van der Waals surface area contributed by atoms with Gasteiger partial charge in [-0.25, -0.2) is 0 Å². The van der Waals surface area contributed by atoms with Gasteiger partial charge in [0.25, 0.3) is 5.91 Å². The van der Waals surface area contributed by atoms with Crippen molar-refractivity contribution in [3.63, 3.8) is 0 Å². The number of para-hydroxylation sites is 1. The van der Waals surface area contributed by atoms with E-state index in [2.05, 4.69) is 5.32 Å². The molecule has 0 aromatic heterocycles. The van der Waals surface area contributed by atoms with Crippen LogP contribution in [-0.2, 0) is 22.6 Å². The summed E-state index contributed by atoms with van der Waals surface area (Å²) in [6, 6.07) is 15.4. The summed E-state index contributed by atoms with van der Waals surface area (Å²) in [6.07, 6.45) is 1.65. The molecule has 1 atom stereocenters. The molecule has 2 aromatic rings. The summed E-state index contributed by atoms with van der Waals surface area (Å²) in [5, 5.41) is 2.93. The Morgan fingerprint density at radius 3 is 2.88 bits per heavy atom. The molecule has 5 nitrogen and oxygen atoms in total. The van der Waals surface area contributed by atoms with Crippen molar-refractivity contribution in [2.45, 2.75) is 31.9 Å². The van der Waals surface area contributed by atoms with Crippen LogP contribution in [0.1, 0.15) is 24.0 Å². The van der Waals surface area contributed by atoms with E-state index in [4.69, 9.17) is 4.74 Å². The van der Waals surface area contributed by atoms with Crippen LogP contribution in [0.3, 0.4) is 0 Å². The zero-order chi connectivity index (χ0) is 17.2. The fourth-order valence-electron chi connectivity index (χ4n) is 3.39. The Morgan fingerprint density at radius 1 is 1.20 bits per heavy atom. The molecule has 25 heavy (non-hydrogen) atoms. The van der Waals surface area contributed by atoms with E-state index in [9.17, 15) is 9.59 Å². The fraction of sp³-hybridized carbons (Fsp3) is 0.300. The first-order valence-corrected chi connectivity index (χ1v) is 8.61. The molecule has 128 valence electrons. The van der Waals surface area contributed by atoms with Gasteiger partial charge in [0, 0.05) is 31.6 Å². The zero-order valence-corrected chi connectivity index (χ0v) is 13.9. The molecule has 0 saturated carbocycles. The van der Waals surface area contributed by atoms with Crippen molar-refractivity contribution in [3.8, 4) is 5.75 Å². The first-order chi connectivity index (χ1) is 12.2. The van der Waals surface area contributed by atoms with Crippen LogP contribution in [0.15, 0.2) is 48.5 Å². The number of likely N-dealkylation sites (tertiary alicyclic amines) is 1. The number of carbonyl (C=O) groups is 2. The van der Waals surface area contributed by atoms with Gasteiger partial charge in [-0.2, -0.15) is 0 Å². The second-order valence-corrected chi connectivity index (χ2v) is 6.53. The lowest BCUT2D eigenvalue weighted by Crippen LogP contribution is -2.31. The Balaban J connectivity index is 1.40. The van der Waals surface area contributed by atoms with E-state index in [0.29, 0.717) is 19.4 Å². The number of fused-ring (bicyclic) bond motifs is 1. The molecule has 1 saturated heterocycles. The van der Waals surface area contributed by atoms with Crippen molar-refractivity contribution in [2.24, 2.45) is 0 Å². The van der Waals surface area contributed by atoms with Crippen molar-refractivity contribution in [2.75, 3.05) is 11.9 Å². The van der Waals surface area contributed by atoms with E-state index in [0.717, 1.165) is 35.5 Å². The van der Waals surface area contributed by atoms with Crippen LogP contribution < -0.4 is 10.1 Å². The molecule has 1 N–H and O–H groups in total. The molecule has 0 radical (unpaired) electrons. The number of rotatable bonds is 4. The number of ether oxygens (including phenoxy) is 1. The van der Waals surface area contributed by atoms with E-state index < -0.39 is 6.10 Å². The van der Waals surface area contributed by atoms with Crippen LogP contribution in [-0.4, -0.2) is 29.4 Å². The molecule has 0 aliphatic carbocycles. The topological polar surface area (TPSA) is 58.6 Å². The summed E-state index contributed by atoms with van der Waals surface area (Å²) < 4.78 is 5.73. The molecular formula is C20H20N2O3. The minimum atomic E-state index is -0.499. The first kappa shape index (κ1) is 15.7. The Kier molecular flexibility index (Phi) is 4.14. The lowest BCUT2D eigenvalue weighted by atomic mass is 10.1. The normalized spacial score (nSPS) is 18.8. The van der Waals surface area contributed by atoms with Gasteiger partial charge in [0.05, 0.1) is 0 Å². The molecule has 5 heteroatoms. The predicted octanol–water partition coefficient (Wildman–Crippen LogP) is 2.75. The molecule has 2 heterocycles. The summed E-state index contributed by atoms with van der Waals surface area (Å²) in [5.41, 5.74) is 2.81. The van der Waals surface area contributed by atoms with Gasteiger partial charge in [-0.05, 0) is 35.7 Å². The van der Waals surface area contributed by atoms with Crippen molar-refractivity contribution in [1.29, 1.82) is 0 Å². The van der Waals surface area contributed by atoms with Crippen LogP contribution in [0, 0.1) is 0 Å². The SMILES string of the molecule is O=C(Nc1cccc(CN2CCCC2=O)c1)[C@H]1Cc2ccccc2O1. The standard InChI is InChI=1S/C20H20N2O3/c23-19-9-4-10-22(19)13-14-5-3-7-16(11-14)21-20(24)18-12-15-6-1-2-8-17(15)25-18/h1-3,5-8,11,18H,4,9-10,12-13H2,(H,21,24)/t18-/m1/s1. The van der Waals surface area contributed by atoms with E-state index in [1.54, 1.807) is 0 Å². The Morgan fingerprint density at radius 2 is 2.08 bits per heavy atom. The number of amides is 2. The average Bonchev–Trinajstić information content (AvgIpc) is 3.22. The third kappa shape index (κ3) is 3.36. The van der Waals surface area contributed by atoms with Crippen molar-refractivity contribution in [1.82, 2.24) is 4.90 Å². The highest BCUT2D eigenvalue weighted by Gasteiger charge is 2.28. The highest BCUT2D eigenvalue weighted by Crippen LogP contribution is 2.28. The summed E-state index contributed by atoms with van der Waals surface area (Å²) >= 11 is 0. The quantitative estimate of drug-likeness (QED) is 0.934. The number of hydrogen-bond donors (Lipinski definition) is 1. The first-order valence-electron chi connectivity index (χ1n) is 8.61. The molecule has 4 rings (SSSR count). The van der Waals surface area contributed by atoms with Gasteiger partial charge < -0.3 is 15.0 Å². The largest absolute Gasteiger partial charge is 0.480 e. The Labute approximate surface area is 146 Å². The van der Waals surface area contributed by atoms with E-state index >= 15 is 0 Å². The second-order valence-electron chi connectivity index (χ2n) is 6.53. The van der Waals surface area contributed by atoms with Gasteiger partial charge in [-0.15, -0.1) is 0 Å². The molecule has 0 unspecified atom stereocenters. The Bertz CT molecular complexity index is 793. The number of nitrogens with one attached hydrogen (secondary N) is 1. The summed E-state index contributed by atoms with van der Waals surface area (Å²) in [7, 11) is 0. The van der Waals surface area contributed by atoms with E-state index in [-0.39, 0.29) is 11.8 Å². The maximum atomic E-state index is 12.5. The van der Waals surface area contributed by atoms with E-state index in [1.807, 2.05) is 53.4 Å². The summed E-state index contributed by atoms with van der Waals surface area (Å²) in [6.45, 7) is 1.40. The lowest BCUT2D eigenvalue weighted by molar-refractivity contribution is -0.128. The average molecular weight is 336 g/mol. The van der Waals surface area contributed by atoms with Crippen LogP contribution >= 0.6 is 0 Å². The smallest absolute Gasteiger partial charge is 0.265 e. The number of benzene rings is 2. The predicted molar refractivity (Wildman–Crippen MR) is 94.3 cm³/mol. The number of nitrogens with zero attached hydrogens (tertiary/aromatic N) is 1. The fourth-order valence-corrected chi connectivity index (χ4v) is 3.39. The highest BCUT2D eigenvalue weighted by molar-refractivity contribution is 5.95. The second kappa shape index (κ2) is 6.59. The van der Waals surface area contributed by atoms with Gasteiger partial charge in [0.15, 0.2) is 6.10 Å². The molecule has 0 bridgehead atoms. The van der Waals surface area contributed by atoms with Crippen molar-refractivity contribution in [3.05, 3.63) is 59.7 Å². The maximum absolute atomic E-state index is 12.5. The van der Waals surface area contributed by atoms with Crippen molar-refractivity contribution < 1.29 is 14.3 Å². The van der Waals surface area contributed by atoms with Gasteiger partial charge in [-0.1, -0.05) is 30.3 Å². The van der Waals surface area contributed by atoms with Gasteiger partial charge in [0.1, 0.15) is 5.75 Å². The van der Waals surface area contributed by atoms with Crippen LogP contribution in [0.2, 0.25) is 0 Å². The lowest BCUT2D eigenvalue weighted by Gasteiger charge is -2.16. The molecule has 2 aromatic carbocycles. The number of hydrogen-bond acceptors (Lipinski definition) is 3. The number of anilines is 1. The molecular weight excluding hydrogens is 316 g/mol. The van der Waals surface area contributed by atoms with Gasteiger partial charge >= 0.3 is 0 Å². The zero-order valence-electron chi connectivity index (χ0n) is 13.9. The molecule has 1 fully saturated rings. The van der Waals surface area contributed by atoms with Gasteiger partial charge in [0.2, 0.25) is 5.91 Å². The minimum Gasteiger partial charge on any atom is -0.480 e. The third-order valence-corrected chi connectivity index (χ3v) is 4.68. The van der Waals surface area contributed by atoms with E-state index in [1.165, 1.54) is 0 Å². The third-order valence-electron chi connectivity index (χ3n) is 4.68. The van der Waals surface area contributed by atoms with Crippen LogP contribution in [0.4, 0.5) is 5.69 Å². The minimum absolute atomic E-state index is 0.148. The molecule has 2 aliphatic rings. The monoisotopic (exact) mass is 336 g/mol. The highest BCUT2D eigenvalue weighted by atomic mass is 16.5. The number of carbonyl (C=O) groups excluding carboxylic acids is 2. The van der Waals surface area contributed by atoms with Crippen LogP contribution in [0.25, 0.3) is 0 Å². The maximum Gasteiger partial charge on any atom is 0.265 e. The van der Waals surface area contributed by atoms with Crippen molar-refractivity contribution >= 4 is 17.5 Å². The summed E-state index contributed by atoms with van der Waals surface area (Å²) in [4.78, 5) is 26.1. The molecule has 2 aliphatic heterocycles. The van der Waals surface area contributed by atoms with Crippen LogP contribution in [0.5, 0.6) is 5.75 Å². The van der Waals surface area contributed by atoms with Gasteiger partial charge in [-0.3, -0.25) is 9.59 Å². The summed E-state index contributed by atoms with van der Waals surface area (Å²) in [5.74, 6) is 0.834. The molecule has 0 spiro atoms. The Hall–Kier alpha value is -2.82.